The fourth-order valence-electron chi connectivity index (χ4n) is 2.89. The number of benzene rings is 2. The van der Waals surface area contributed by atoms with Gasteiger partial charge >= 0.3 is 0 Å². The topological polar surface area (TPSA) is 153 Å². The number of rotatable bonds is 11. The summed E-state index contributed by atoms with van der Waals surface area (Å²) in [4.78, 5) is 40.3. The van der Waals surface area contributed by atoms with Crippen molar-refractivity contribution in [2.24, 2.45) is 0 Å². The average Bonchev–Trinajstić information content (AvgIpc) is 2.90. The van der Waals surface area contributed by atoms with Gasteiger partial charge in [-0.25, -0.2) is 13.1 Å². The lowest BCUT2D eigenvalue weighted by molar-refractivity contribution is 0.0865. The van der Waals surface area contributed by atoms with Crippen molar-refractivity contribution < 1.29 is 32.3 Å². The number of amides is 3. The minimum Gasteiger partial charge on any atom is -0.492 e. The minimum absolute atomic E-state index is 0.0143. The third-order valence-electron chi connectivity index (χ3n) is 4.67. The number of methoxy groups -OCH3 is 1. The molecule has 0 atom stereocenters. The number of pyridine rings is 1. The van der Waals surface area contributed by atoms with E-state index >= 15 is 0 Å². The molecule has 0 bridgehead atoms. The zero-order valence-corrected chi connectivity index (χ0v) is 20.1. The number of hydrogen-bond donors (Lipinski definition) is 3. The Kier molecular flexibility index (Phi) is 9.08. The van der Waals surface area contributed by atoms with Crippen LogP contribution in [0.2, 0.25) is 0 Å². The van der Waals surface area contributed by atoms with Crippen LogP contribution in [0.15, 0.2) is 77.8 Å². The summed E-state index contributed by atoms with van der Waals surface area (Å²) in [6.45, 7) is 0.415. The molecule has 3 aromatic rings. The van der Waals surface area contributed by atoms with Gasteiger partial charge in [0.2, 0.25) is 0 Å². The van der Waals surface area contributed by atoms with E-state index in [9.17, 15) is 22.8 Å². The third-order valence-corrected chi connectivity index (χ3v) is 6.00. The van der Waals surface area contributed by atoms with Gasteiger partial charge < -0.3 is 20.1 Å². The molecule has 0 aliphatic carbocycles. The Morgan fingerprint density at radius 1 is 0.861 bits per heavy atom. The van der Waals surface area contributed by atoms with Gasteiger partial charge in [0.25, 0.3) is 27.7 Å². The van der Waals surface area contributed by atoms with Crippen molar-refractivity contribution in [2.75, 3.05) is 27.0 Å². The molecule has 3 rings (SSSR count). The van der Waals surface area contributed by atoms with E-state index < -0.39 is 27.7 Å². The molecule has 0 unspecified atom stereocenters. The summed E-state index contributed by atoms with van der Waals surface area (Å²) in [6, 6.07) is 16.9. The Balaban J connectivity index is 1.59. The zero-order valence-electron chi connectivity index (χ0n) is 19.3. The normalized spacial score (nSPS) is 10.8. The molecule has 0 aliphatic heterocycles. The van der Waals surface area contributed by atoms with Crippen LogP contribution in [0.3, 0.4) is 0 Å². The molecule has 0 fully saturated rings. The van der Waals surface area contributed by atoms with E-state index in [1.165, 1.54) is 37.4 Å². The summed E-state index contributed by atoms with van der Waals surface area (Å²) in [6.07, 6.45) is 1.08. The Morgan fingerprint density at radius 2 is 1.64 bits per heavy atom. The van der Waals surface area contributed by atoms with E-state index in [4.69, 9.17) is 9.47 Å². The van der Waals surface area contributed by atoms with Gasteiger partial charge in [-0.3, -0.25) is 19.4 Å². The first-order chi connectivity index (χ1) is 17.3. The number of carbonyl (C=O) groups excluding carboxylic acids is 3. The average molecular weight is 513 g/mol. The van der Waals surface area contributed by atoms with Crippen LogP contribution in [-0.4, -0.2) is 58.1 Å². The number of sulfonamides is 1. The lowest BCUT2D eigenvalue weighted by atomic mass is 10.2. The zero-order chi connectivity index (χ0) is 26.0. The maximum Gasteiger partial charge on any atom is 0.271 e. The molecule has 0 spiro atoms. The standard InChI is InChI=1S/C24H24N4O7S/c1-34-16-27-24(31)21-11-10-18(15-26-21)23(30)28-36(32,33)20-9-5-6-17(14-20)22(29)25-12-13-35-19-7-3-2-4-8-19/h2-11,14-15H,12-13,16H2,1H3,(H,25,29)(H,27,31)(H,28,30). The maximum atomic E-state index is 12.7. The van der Waals surface area contributed by atoms with Crippen molar-refractivity contribution in [2.45, 2.75) is 4.90 Å². The molecule has 3 N–H and O–H groups in total. The van der Waals surface area contributed by atoms with Crippen LogP contribution in [0.1, 0.15) is 31.2 Å². The summed E-state index contributed by atoms with van der Waals surface area (Å²) in [5.41, 5.74) is 0.0478. The van der Waals surface area contributed by atoms with Crippen molar-refractivity contribution in [3.63, 3.8) is 0 Å². The molecule has 3 amide bonds. The van der Waals surface area contributed by atoms with E-state index in [0.29, 0.717) is 5.75 Å². The first kappa shape index (κ1) is 26.3. The van der Waals surface area contributed by atoms with Crippen LogP contribution in [0.25, 0.3) is 0 Å². The summed E-state index contributed by atoms with van der Waals surface area (Å²) in [5.74, 6) is -1.30. The Labute approximate surface area is 207 Å². The largest absolute Gasteiger partial charge is 0.492 e. The Morgan fingerprint density at radius 3 is 2.33 bits per heavy atom. The Hall–Kier alpha value is -4.29. The van der Waals surface area contributed by atoms with Gasteiger partial charge in [0, 0.05) is 18.9 Å². The minimum atomic E-state index is -4.29. The smallest absolute Gasteiger partial charge is 0.271 e. The molecule has 2 aromatic carbocycles. The van der Waals surface area contributed by atoms with Crippen LogP contribution in [0, 0.1) is 0 Å². The number of carbonyl (C=O) groups is 3. The van der Waals surface area contributed by atoms with Gasteiger partial charge in [-0.15, -0.1) is 0 Å². The predicted octanol–water partition coefficient (Wildman–Crippen LogP) is 1.34. The molecule has 12 heteroatoms. The summed E-state index contributed by atoms with van der Waals surface area (Å²) in [7, 11) is -2.88. The number of hydrogen-bond acceptors (Lipinski definition) is 8. The van der Waals surface area contributed by atoms with E-state index in [1.54, 1.807) is 12.1 Å². The summed E-state index contributed by atoms with van der Waals surface area (Å²) in [5, 5.41) is 5.08. The van der Waals surface area contributed by atoms with Crippen LogP contribution in [0.4, 0.5) is 0 Å². The second kappa shape index (κ2) is 12.4. The van der Waals surface area contributed by atoms with Gasteiger partial charge in [0.1, 0.15) is 24.8 Å². The first-order valence-electron chi connectivity index (χ1n) is 10.7. The molecule has 36 heavy (non-hydrogen) atoms. The highest BCUT2D eigenvalue weighted by atomic mass is 32.2. The highest BCUT2D eigenvalue weighted by molar-refractivity contribution is 7.90. The highest BCUT2D eigenvalue weighted by Crippen LogP contribution is 2.13. The number of nitrogens with zero attached hydrogens (tertiary/aromatic N) is 1. The van der Waals surface area contributed by atoms with Gasteiger partial charge in [-0.1, -0.05) is 24.3 Å². The second-order valence-electron chi connectivity index (χ2n) is 7.25. The quantitative estimate of drug-likeness (QED) is 0.257. The molecule has 1 aromatic heterocycles. The monoisotopic (exact) mass is 512 g/mol. The second-order valence-corrected chi connectivity index (χ2v) is 8.93. The highest BCUT2D eigenvalue weighted by Gasteiger charge is 2.21. The van der Waals surface area contributed by atoms with Gasteiger partial charge in [-0.2, -0.15) is 0 Å². The number of nitrogens with one attached hydrogen (secondary N) is 3. The van der Waals surface area contributed by atoms with E-state index in [-0.39, 0.29) is 41.6 Å². The lowest BCUT2D eigenvalue weighted by Crippen LogP contribution is -2.32. The van der Waals surface area contributed by atoms with Gasteiger partial charge in [0.15, 0.2) is 0 Å². The third kappa shape index (κ3) is 7.35. The van der Waals surface area contributed by atoms with Crippen LogP contribution in [-0.2, 0) is 14.8 Å². The summed E-state index contributed by atoms with van der Waals surface area (Å²) >= 11 is 0. The molecule has 1 heterocycles. The molecule has 0 radical (unpaired) electrons. The maximum absolute atomic E-state index is 12.7. The van der Waals surface area contributed by atoms with Gasteiger partial charge in [0.05, 0.1) is 17.0 Å². The molecule has 0 aliphatic rings. The van der Waals surface area contributed by atoms with E-state index in [1.807, 2.05) is 22.9 Å². The fourth-order valence-corrected chi connectivity index (χ4v) is 3.91. The molecule has 0 saturated carbocycles. The molecule has 0 saturated heterocycles. The van der Waals surface area contributed by atoms with Gasteiger partial charge in [-0.05, 0) is 42.5 Å². The van der Waals surface area contributed by atoms with Crippen LogP contribution in [0.5, 0.6) is 5.75 Å². The van der Waals surface area contributed by atoms with Crippen LogP contribution >= 0.6 is 0 Å². The fraction of sp³-hybridized carbons (Fsp3) is 0.167. The van der Waals surface area contributed by atoms with Crippen molar-refractivity contribution in [1.82, 2.24) is 20.3 Å². The molecular weight excluding hydrogens is 488 g/mol. The predicted molar refractivity (Wildman–Crippen MR) is 129 cm³/mol. The summed E-state index contributed by atoms with van der Waals surface area (Å²) < 4.78 is 37.6. The number of ether oxygens (including phenoxy) is 2. The number of para-hydroxylation sites is 1. The molecular formula is C24H24N4O7S. The lowest BCUT2D eigenvalue weighted by Gasteiger charge is -2.10. The Bertz CT molecular complexity index is 1310. The van der Waals surface area contributed by atoms with Crippen molar-refractivity contribution in [3.8, 4) is 5.75 Å². The van der Waals surface area contributed by atoms with Crippen molar-refractivity contribution in [1.29, 1.82) is 0 Å². The SMILES string of the molecule is COCNC(=O)c1ccc(C(=O)NS(=O)(=O)c2cccc(C(=O)NCCOc3ccccc3)c2)cn1. The van der Waals surface area contributed by atoms with Crippen molar-refractivity contribution >= 4 is 27.7 Å². The van der Waals surface area contributed by atoms with Crippen LogP contribution < -0.4 is 20.1 Å². The van der Waals surface area contributed by atoms with E-state index in [0.717, 1.165) is 12.3 Å². The molecule has 188 valence electrons. The first-order valence-corrected chi connectivity index (χ1v) is 12.1. The van der Waals surface area contributed by atoms with E-state index in [2.05, 4.69) is 15.6 Å². The molecule has 11 nitrogen and oxygen atoms in total. The van der Waals surface area contributed by atoms with Crippen molar-refractivity contribution in [3.05, 3.63) is 89.7 Å². The number of aromatic nitrogens is 1.